The zero-order chi connectivity index (χ0) is 14.0. The number of fused-ring (bicyclic) bond motifs is 1. The van der Waals surface area contributed by atoms with E-state index < -0.39 is 0 Å². The molecule has 2 rings (SSSR count). The Bertz CT molecular complexity index is 556. The average molecular weight is 252 g/mol. The Kier molecular flexibility index (Phi) is 4.09. The Balaban J connectivity index is 2.55. The Hall–Kier alpha value is -1.56. The maximum atomic E-state index is 4.00. The molecule has 0 saturated heterocycles. The van der Waals surface area contributed by atoms with Crippen LogP contribution in [-0.4, -0.2) is 0 Å². The molecule has 100 valence electrons. The summed E-state index contributed by atoms with van der Waals surface area (Å²) in [5, 5.41) is 0. The molecular weight excluding hydrogens is 228 g/mol. The van der Waals surface area contributed by atoms with Gasteiger partial charge in [0.1, 0.15) is 0 Å². The predicted molar refractivity (Wildman–Crippen MR) is 84.8 cm³/mol. The topological polar surface area (TPSA) is 0 Å². The van der Waals surface area contributed by atoms with Crippen molar-refractivity contribution in [3.05, 3.63) is 70.3 Å². The van der Waals surface area contributed by atoms with Gasteiger partial charge in [-0.05, 0) is 73.9 Å². The van der Waals surface area contributed by atoms with Crippen molar-refractivity contribution >= 4 is 0 Å². The highest BCUT2D eigenvalue weighted by atomic mass is 14.3. The van der Waals surface area contributed by atoms with E-state index in [2.05, 4.69) is 58.6 Å². The first kappa shape index (κ1) is 13.9. The predicted octanol–water partition coefficient (Wildman–Crippen LogP) is 5.33. The molecule has 0 heteroatoms. The molecule has 1 aliphatic carbocycles. The van der Waals surface area contributed by atoms with Gasteiger partial charge in [0.05, 0.1) is 0 Å². The van der Waals surface area contributed by atoms with Gasteiger partial charge in [-0.1, -0.05) is 36.9 Å². The van der Waals surface area contributed by atoms with Crippen LogP contribution in [0.15, 0.2) is 42.5 Å². The van der Waals surface area contributed by atoms with Crippen LogP contribution in [0.2, 0.25) is 0 Å². The monoisotopic (exact) mass is 252 g/mol. The van der Waals surface area contributed by atoms with Crippen LogP contribution in [-0.2, 0) is 6.42 Å². The van der Waals surface area contributed by atoms with E-state index in [0.717, 1.165) is 0 Å². The summed E-state index contributed by atoms with van der Waals surface area (Å²) in [6, 6.07) is 2.33. The van der Waals surface area contributed by atoms with Crippen LogP contribution in [0.5, 0.6) is 0 Å². The van der Waals surface area contributed by atoms with Gasteiger partial charge in [0, 0.05) is 5.92 Å². The van der Waals surface area contributed by atoms with Crippen LogP contribution < -0.4 is 0 Å². The number of hydrogen-bond donors (Lipinski definition) is 0. The summed E-state index contributed by atoms with van der Waals surface area (Å²) in [5.74, 6) is 0.530. The fourth-order valence-electron chi connectivity index (χ4n) is 3.27. The minimum atomic E-state index is 0.530. The van der Waals surface area contributed by atoms with Crippen LogP contribution in [0.4, 0.5) is 0 Å². The van der Waals surface area contributed by atoms with Gasteiger partial charge >= 0.3 is 0 Å². The van der Waals surface area contributed by atoms with Crippen LogP contribution in [0, 0.1) is 20.8 Å². The normalized spacial score (nSPS) is 18.9. The van der Waals surface area contributed by atoms with Gasteiger partial charge in [0.25, 0.3) is 0 Å². The summed E-state index contributed by atoms with van der Waals surface area (Å²) in [5.41, 5.74) is 8.82. The molecule has 1 unspecified atom stereocenters. The molecule has 0 spiro atoms. The highest BCUT2D eigenvalue weighted by Gasteiger charge is 2.27. The molecule has 0 heterocycles. The van der Waals surface area contributed by atoms with E-state index in [9.17, 15) is 0 Å². The lowest BCUT2D eigenvalue weighted by Gasteiger charge is -2.18. The molecule has 0 radical (unpaired) electrons. The van der Waals surface area contributed by atoms with Crippen LogP contribution in [0.1, 0.15) is 47.1 Å². The molecule has 0 aromatic heterocycles. The number of aryl methyl sites for hydroxylation is 2. The van der Waals surface area contributed by atoms with Gasteiger partial charge in [-0.25, -0.2) is 0 Å². The zero-order valence-electron chi connectivity index (χ0n) is 12.6. The lowest BCUT2D eigenvalue weighted by Crippen LogP contribution is -2.01. The molecular formula is C19H24. The number of rotatable bonds is 3. The summed E-state index contributed by atoms with van der Waals surface area (Å²) in [7, 11) is 0. The Labute approximate surface area is 117 Å². The lowest BCUT2D eigenvalue weighted by molar-refractivity contribution is 0.783. The lowest BCUT2D eigenvalue weighted by atomic mass is 9.86. The fraction of sp³-hybridized carbons (Fsp3) is 0.368. The van der Waals surface area contributed by atoms with Gasteiger partial charge < -0.3 is 0 Å². The van der Waals surface area contributed by atoms with Crippen molar-refractivity contribution in [3.63, 3.8) is 0 Å². The molecule has 1 aromatic rings. The van der Waals surface area contributed by atoms with E-state index in [1.54, 1.807) is 11.1 Å². The third-order valence-electron chi connectivity index (χ3n) is 4.38. The number of allylic oxidation sites excluding steroid dienone is 5. The fourth-order valence-corrected chi connectivity index (χ4v) is 3.27. The summed E-state index contributed by atoms with van der Waals surface area (Å²) < 4.78 is 0. The van der Waals surface area contributed by atoms with Gasteiger partial charge in [0.2, 0.25) is 0 Å². The molecule has 0 saturated carbocycles. The van der Waals surface area contributed by atoms with E-state index in [4.69, 9.17) is 0 Å². The molecule has 0 bridgehead atoms. The summed E-state index contributed by atoms with van der Waals surface area (Å²) in [6.45, 7) is 12.8. The van der Waals surface area contributed by atoms with Crippen LogP contribution >= 0.6 is 0 Å². The second kappa shape index (κ2) is 5.61. The molecule has 1 atom stereocenters. The van der Waals surface area contributed by atoms with E-state index in [1.807, 2.05) is 6.08 Å². The number of hydrogen-bond acceptors (Lipinski definition) is 0. The van der Waals surface area contributed by atoms with E-state index in [-0.39, 0.29) is 0 Å². The van der Waals surface area contributed by atoms with Crippen molar-refractivity contribution in [1.82, 2.24) is 0 Å². The quantitative estimate of drug-likeness (QED) is 0.638. The molecule has 0 N–H and O–H groups in total. The highest BCUT2D eigenvalue weighted by Crippen LogP contribution is 2.42. The third-order valence-corrected chi connectivity index (χ3v) is 4.38. The van der Waals surface area contributed by atoms with Crippen LogP contribution in [0.25, 0.3) is 0 Å². The first-order chi connectivity index (χ1) is 9.10. The van der Waals surface area contributed by atoms with Gasteiger partial charge in [-0.15, -0.1) is 0 Å². The number of benzene rings is 1. The van der Waals surface area contributed by atoms with E-state index in [0.29, 0.717) is 5.92 Å². The largest absolute Gasteiger partial charge is 0.0988 e. The average Bonchev–Trinajstić information content (AvgIpc) is 2.82. The van der Waals surface area contributed by atoms with Gasteiger partial charge in [0.15, 0.2) is 0 Å². The molecule has 1 aromatic carbocycles. The molecule has 0 nitrogen and oxygen atoms in total. The standard InChI is InChI=1S/C19H24/c1-6-8-9-16(7-2)18-11-10-17-14(4)12-13(3)15(5)19(17)18/h6-9,12,18H,2,10-11H2,1,3-5H3/b8-6-,16-9+. The summed E-state index contributed by atoms with van der Waals surface area (Å²) >= 11 is 0. The summed E-state index contributed by atoms with van der Waals surface area (Å²) in [6.07, 6.45) is 10.9. The van der Waals surface area contributed by atoms with Crippen molar-refractivity contribution in [2.45, 2.75) is 46.5 Å². The Morgan fingerprint density at radius 2 is 2.00 bits per heavy atom. The molecule has 19 heavy (non-hydrogen) atoms. The maximum Gasteiger partial charge on any atom is 0.00978 e. The zero-order valence-corrected chi connectivity index (χ0v) is 12.6. The van der Waals surface area contributed by atoms with Gasteiger partial charge in [-0.2, -0.15) is 0 Å². The van der Waals surface area contributed by atoms with Crippen molar-refractivity contribution in [3.8, 4) is 0 Å². The van der Waals surface area contributed by atoms with E-state index >= 15 is 0 Å². The smallest absolute Gasteiger partial charge is 0.00978 e. The summed E-state index contributed by atoms with van der Waals surface area (Å²) in [4.78, 5) is 0. The van der Waals surface area contributed by atoms with Crippen molar-refractivity contribution < 1.29 is 0 Å². The SMILES string of the molecule is C=C/C(=C\C=C/C)C1CCc2c(C)cc(C)c(C)c21. The van der Waals surface area contributed by atoms with Gasteiger partial charge in [-0.3, -0.25) is 0 Å². The second-order valence-electron chi connectivity index (χ2n) is 5.52. The first-order valence-electron chi connectivity index (χ1n) is 7.15. The van der Waals surface area contributed by atoms with Crippen molar-refractivity contribution in [2.75, 3.05) is 0 Å². The third kappa shape index (κ3) is 2.45. The van der Waals surface area contributed by atoms with Crippen molar-refractivity contribution in [2.24, 2.45) is 0 Å². The Morgan fingerprint density at radius 3 is 2.63 bits per heavy atom. The molecule has 0 aliphatic heterocycles. The second-order valence-corrected chi connectivity index (χ2v) is 5.52. The first-order valence-corrected chi connectivity index (χ1v) is 7.15. The molecule has 1 aliphatic rings. The van der Waals surface area contributed by atoms with E-state index in [1.165, 1.54) is 35.1 Å². The molecule has 0 fully saturated rings. The minimum Gasteiger partial charge on any atom is -0.0988 e. The van der Waals surface area contributed by atoms with Crippen LogP contribution in [0.3, 0.4) is 0 Å². The molecule has 0 amide bonds. The highest BCUT2D eigenvalue weighted by molar-refractivity contribution is 5.53. The minimum absolute atomic E-state index is 0.530. The van der Waals surface area contributed by atoms with Crippen molar-refractivity contribution in [1.29, 1.82) is 0 Å². The maximum absolute atomic E-state index is 4.00. The Morgan fingerprint density at radius 1 is 1.26 bits per heavy atom.